The van der Waals surface area contributed by atoms with Crippen molar-refractivity contribution in [1.82, 2.24) is 4.57 Å². The van der Waals surface area contributed by atoms with Crippen LogP contribution in [0.25, 0.3) is 113 Å². The molecule has 0 saturated heterocycles. The molecule has 0 radical (unpaired) electrons. The summed E-state index contributed by atoms with van der Waals surface area (Å²) in [4.78, 5) is 2.41. The number of thiophene rings is 1. The minimum atomic E-state index is -0.495. The fourth-order valence-electron chi connectivity index (χ4n) is 14.0. The third-order valence-corrected chi connectivity index (χ3v) is 18.8. The molecule has 17 rings (SSSR count). The van der Waals surface area contributed by atoms with Crippen molar-refractivity contribution in [3.63, 3.8) is 0 Å². The van der Waals surface area contributed by atoms with Crippen molar-refractivity contribution in [3.8, 4) is 39.1 Å². The SMILES string of the molecule is c1ccc(N(c2ccc(-c3ccc4c(c3)c3cc(-c5ccc6c(c5)C(c5ccccc5)(c5ccccc5)c5ccccc5-6)ccc3n4-c3ccc4c5ccccc5c5ccccc5c4c3)cc2)c2cccc3c2sc2ccccc23)cc1. The lowest BCUT2D eigenvalue weighted by Crippen LogP contribution is -2.28. The van der Waals surface area contributed by atoms with E-state index in [2.05, 4.69) is 313 Å². The second-order valence-electron chi connectivity index (χ2n) is 21.9. The molecule has 0 N–H and O–H groups in total. The van der Waals surface area contributed by atoms with Crippen molar-refractivity contribution in [2.75, 3.05) is 4.90 Å². The van der Waals surface area contributed by atoms with Gasteiger partial charge in [-0.1, -0.05) is 224 Å². The molecule has 0 amide bonds. The van der Waals surface area contributed by atoms with Gasteiger partial charge in [0.15, 0.2) is 0 Å². The molecule has 2 heterocycles. The lowest BCUT2D eigenvalue weighted by Gasteiger charge is -2.34. The van der Waals surface area contributed by atoms with Crippen LogP contribution < -0.4 is 4.90 Å². The predicted octanol–water partition coefficient (Wildman–Crippen LogP) is 21.8. The highest BCUT2D eigenvalue weighted by molar-refractivity contribution is 7.26. The number of anilines is 3. The molecule has 82 heavy (non-hydrogen) atoms. The Balaban J connectivity index is 0.853. The maximum atomic E-state index is 2.49. The van der Waals surface area contributed by atoms with E-state index in [4.69, 9.17) is 0 Å². The average Bonchev–Trinajstić information content (AvgIpc) is 2.23. The third kappa shape index (κ3) is 6.94. The monoisotopic (exact) mass is 1060 g/mol. The Labute approximate surface area is 479 Å². The number of fused-ring (bicyclic) bond motifs is 15. The molecular formula is C79H50N2S. The summed E-state index contributed by atoms with van der Waals surface area (Å²) in [5.74, 6) is 0. The van der Waals surface area contributed by atoms with Crippen molar-refractivity contribution >= 4 is 103 Å². The summed E-state index contributed by atoms with van der Waals surface area (Å²) in [6.45, 7) is 0. The van der Waals surface area contributed by atoms with Gasteiger partial charge in [-0.15, -0.1) is 11.3 Å². The Morgan fingerprint density at radius 1 is 0.293 bits per heavy atom. The quantitative estimate of drug-likeness (QED) is 0.138. The molecular weight excluding hydrogens is 1010 g/mol. The highest BCUT2D eigenvalue weighted by Crippen LogP contribution is 2.57. The number of rotatable bonds is 8. The van der Waals surface area contributed by atoms with E-state index >= 15 is 0 Å². The van der Waals surface area contributed by atoms with Crippen molar-refractivity contribution < 1.29 is 0 Å². The van der Waals surface area contributed by atoms with E-state index < -0.39 is 5.41 Å². The zero-order chi connectivity index (χ0) is 53.9. The van der Waals surface area contributed by atoms with E-state index in [1.807, 2.05) is 11.3 Å². The molecule has 0 spiro atoms. The van der Waals surface area contributed by atoms with Crippen molar-refractivity contribution in [2.24, 2.45) is 0 Å². The summed E-state index contributed by atoms with van der Waals surface area (Å²) < 4.78 is 5.07. The Morgan fingerprint density at radius 2 is 0.780 bits per heavy atom. The highest BCUT2D eigenvalue weighted by Gasteiger charge is 2.46. The van der Waals surface area contributed by atoms with Crippen LogP contribution in [0.4, 0.5) is 17.1 Å². The van der Waals surface area contributed by atoms with E-state index in [9.17, 15) is 0 Å². The van der Waals surface area contributed by atoms with E-state index in [1.54, 1.807) is 0 Å². The third-order valence-electron chi connectivity index (χ3n) is 17.6. The summed E-state index contributed by atoms with van der Waals surface area (Å²) in [5.41, 5.74) is 18.8. The van der Waals surface area contributed by atoms with Gasteiger partial charge in [0.2, 0.25) is 0 Å². The number of nitrogens with zero attached hydrogens (tertiary/aromatic N) is 2. The molecule has 0 atom stereocenters. The van der Waals surface area contributed by atoms with Crippen molar-refractivity contribution in [1.29, 1.82) is 0 Å². The molecule has 2 nitrogen and oxygen atoms in total. The van der Waals surface area contributed by atoms with Gasteiger partial charge in [-0.3, -0.25) is 0 Å². The smallest absolute Gasteiger partial charge is 0.0713 e. The van der Waals surface area contributed by atoms with Crippen molar-refractivity contribution in [2.45, 2.75) is 5.41 Å². The van der Waals surface area contributed by atoms with Crippen LogP contribution in [0, 0.1) is 0 Å². The molecule has 0 unspecified atom stereocenters. The van der Waals surface area contributed by atoms with E-state index in [1.165, 1.54) is 130 Å². The summed E-state index contributed by atoms with van der Waals surface area (Å²) in [6.07, 6.45) is 0. The molecule has 382 valence electrons. The molecule has 0 saturated carbocycles. The molecule has 16 aromatic rings. The lowest BCUT2D eigenvalue weighted by molar-refractivity contribution is 0.769. The summed E-state index contributed by atoms with van der Waals surface area (Å²) in [5, 5.41) is 12.6. The van der Waals surface area contributed by atoms with Gasteiger partial charge in [-0.05, 0) is 167 Å². The Bertz CT molecular complexity index is 5130. The molecule has 0 fully saturated rings. The minimum Gasteiger partial charge on any atom is -0.309 e. The van der Waals surface area contributed by atoms with E-state index in [0.717, 1.165) is 22.6 Å². The fourth-order valence-corrected chi connectivity index (χ4v) is 15.2. The number of hydrogen-bond donors (Lipinski definition) is 0. The van der Waals surface area contributed by atoms with Gasteiger partial charge in [0.05, 0.1) is 26.8 Å². The van der Waals surface area contributed by atoms with Crippen LogP contribution in [0.2, 0.25) is 0 Å². The first-order valence-electron chi connectivity index (χ1n) is 28.3. The van der Waals surface area contributed by atoms with Gasteiger partial charge in [-0.2, -0.15) is 0 Å². The summed E-state index contributed by atoms with van der Waals surface area (Å²) in [7, 11) is 0. The predicted molar refractivity (Wildman–Crippen MR) is 349 cm³/mol. The number of para-hydroxylation sites is 1. The number of benzene rings is 14. The van der Waals surface area contributed by atoms with Crippen LogP contribution in [0.15, 0.2) is 303 Å². The van der Waals surface area contributed by atoms with Crippen LogP contribution in [-0.2, 0) is 5.41 Å². The summed E-state index contributed by atoms with van der Waals surface area (Å²) >= 11 is 1.87. The van der Waals surface area contributed by atoms with Gasteiger partial charge in [0.25, 0.3) is 0 Å². The van der Waals surface area contributed by atoms with E-state index in [0.29, 0.717) is 0 Å². The Kier molecular flexibility index (Phi) is 10.4. The highest BCUT2D eigenvalue weighted by atomic mass is 32.1. The van der Waals surface area contributed by atoms with Crippen LogP contribution in [0.5, 0.6) is 0 Å². The van der Waals surface area contributed by atoms with Crippen molar-refractivity contribution in [3.05, 3.63) is 326 Å². The molecule has 3 heteroatoms. The summed E-state index contributed by atoms with van der Waals surface area (Å²) in [6, 6.07) is 113. The van der Waals surface area contributed by atoms with Gasteiger partial charge in [0.1, 0.15) is 0 Å². The maximum Gasteiger partial charge on any atom is 0.0713 e. The Hall–Kier alpha value is -10.3. The number of aromatic nitrogens is 1. The standard InChI is InChI=1S/C79H50N2S/c1-4-19-55(20-5-1)79(56-21-6-2-7-22-56)72-32-16-14-29-65(72)66-43-37-54(49-73(66)79)53-39-46-75-71(48-53)70-47-52(38-45-74(70)81(75)59-42-44-64-62-27-11-10-25-60(62)61-26-12-13-28-63(61)69(64)50-59)51-35-40-58(41-36-51)80(57-23-8-3-9-24-57)76-33-18-31-68-67-30-15-17-34-77(67)82-78(68)76/h1-50H. The second kappa shape index (κ2) is 18.4. The van der Waals surface area contributed by atoms with Gasteiger partial charge >= 0.3 is 0 Å². The average molecular weight is 1060 g/mol. The topological polar surface area (TPSA) is 8.17 Å². The fraction of sp³-hybridized carbons (Fsp3) is 0.0127. The zero-order valence-corrected chi connectivity index (χ0v) is 45.5. The molecule has 2 aromatic heterocycles. The van der Waals surface area contributed by atoms with Gasteiger partial charge in [0, 0.05) is 43.3 Å². The minimum absolute atomic E-state index is 0.495. The first-order valence-corrected chi connectivity index (χ1v) is 29.1. The molecule has 1 aliphatic rings. The normalized spacial score (nSPS) is 12.7. The maximum absolute atomic E-state index is 2.49. The largest absolute Gasteiger partial charge is 0.309 e. The van der Waals surface area contributed by atoms with Crippen LogP contribution in [-0.4, -0.2) is 4.57 Å². The van der Waals surface area contributed by atoms with Gasteiger partial charge in [-0.25, -0.2) is 0 Å². The molecule has 0 bridgehead atoms. The lowest BCUT2D eigenvalue weighted by atomic mass is 9.67. The Morgan fingerprint density at radius 3 is 1.45 bits per heavy atom. The first-order chi connectivity index (χ1) is 40.7. The second-order valence-corrected chi connectivity index (χ2v) is 22.9. The zero-order valence-electron chi connectivity index (χ0n) is 44.7. The van der Waals surface area contributed by atoms with Crippen LogP contribution in [0.1, 0.15) is 22.3 Å². The number of hydrogen-bond acceptors (Lipinski definition) is 2. The van der Waals surface area contributed by atoms with E-state index in [-0.39, 0.29) is 0 Å². The molecule has 14 aromatic carbocycles. The van der Waals surface area contributed by atoms with Crippen LogP contribution in [0.3, 0.4) is 0 Å². The molecule has 0 aliphatic heterocycles. The molecule has 1 aliphatic carbocycles. The van der Waals surface area contributed by atoms with Crippen LogP contribution >= 0.6 is 11.3 Å². The first kappa shape index (κ1) is 46.6. The van der Waals surface area contributed by atoms with Gasteiger partial charge < -0.3 is 9.47 Å².